The summed E-state index contributed by atoms with van der Waals surface area (Å²) >= 11 is 6.24. The van der Waals surface area contributed by atoms with Gasteiger partial charge in [0, 0.05) is 18.7 Å². The van der Waals surface area contributed by atoms with Crippen molar-refractivity contribution < 1.29 is 18.8 Å². The molecule has 0 aliphatic carbocycles. The molecule has 0 bridgehead atoms. The molecule has 1 N–H and O–H groups in total. The maximum Gasteiger partial charge on any atom is 0.241 e. The Hall–Kier alpha value is -3.10. The van der Waals surface area contributed by atoms with E-state index in [1.807, 2.05) is 36.4 Å². The predicted octanol–water partition coefficient (Wildman–Crippen LogP) is 4.37. The highest BCUT2D eigenvalue weighted by atomic mass is 35.5. The fourth-order valence-electron chi connectivity index (χ4n) is 4.36. The third-order valence-corrected chi connectivity index (χ3v) is 6.54. The van der Waals surface area contributed by atoms with Gasteiger partial charge in [-0.3, -0.25) is 9.69 Å². The van der Waals surface area contributed by atoms with Crippen LogP contribution in [0.2, 0.25) is 5.02 Å². The number of aryl methyl sites for hydroxylation is 1. The molecule has 35 heavy (non-hydrogen) atoms. The minimum Gasteiger partial charge on any atom is -0.493 e. The SMILES string of the molecule is COc1ccc(CCCNC(=O)C2CCCN(Cc3nc(-c4ccccc4Cl)no3)C2)cc1OC. The Labute approximate surface area is 210 Å². The first-order valence-electron chi connectivity index (χ1n) is 11.9. The van der Waals surface area contributed by atoms with Crippen molar-refractivity contribution >= 4 is 17.5 Å². The summed E-state index contributed by atoms with van der Waals surface area (Å²) in [5, 5.41) is 7.76. The highest BCUT2D eigenvalue weighted by Gasteiger charge is 2.26. The second-order valence-electron chi connectivity index (χ2n) is 8.65. The summed E-state index contributed by atoms with van der Waals surface area (Å²) in [6.45, 7) is 2.72. The summed E-state index contributed by atoms with van der Waals surface area (Å²) in [6, 6.07) is 13.3. The molecule has 1 fully saturated rings. The molecular weight excluding hydrogens is 468 g/mol. The van der Waals surface area contributed by atoms with Crippen molar-refractivity contribution in [3.05, 3.63) is 58.9 Å². The number of hydrogen-bond donors (Lipinski definition) is 1. The molecule has 186 valence electrons. The van der Waals surface area contributed by atoms with Gasteiger partial charge in [0.2, 0.25) is 17.6 Å². The van der Waals surface area contributed by atoms with E-state index in [4.69, 9.17) is 25.6 Å². The molecule has 1 saturated heterocycles. The summed E-state index contributed by atoms with van der Waals surface area (Å²) in [6.07, 6.45) is 3.54. The number of halogens is 1. The van der Waals surface area contributed by atoms with Crippen LogP contribution >= 0.6 is 11.6 Å². The highest BCUT2D eigenvalue weighted by Crippen LogP contribution is 2.28. The van der Waals surface area contributed by atoms with Crippen LogP contribution in [0.25, 0.3) is 11.4 Å². The number of aromatic nitrogens is 2. The number of carbonyl (C=O) groups is 1. The Morgan fingerprint density at radius 1 is 1.20 bits per heavy atom. The van der Waals surface area contributed by atoms with Gasteiger partial charge in [-0.05, 0) is 62.1 Å². The van der Waals surface area contributed by atoms with E-state index in [-0.39, 0.29) is 11.8 Å². The standard InChI is InChI=1S/C26H31ClN4O4/c1-33-22-12-11-18(15-23(22)34-2)7-5-13-28-26(32)19-8-6-14-31(16-19)17-24-29-25(30-35-24)20-9-3-4-10-21(20)27/h3-4,9-12,15,19H,5-8,13-14,16-17H2,1-2H3,(H,28,32). The summed E-state index contributed by atoms with van der Waals surface area (Å²) in [5.41, 5.74) is 1.89. The Morgan fingerprint density at radius 2 is 2.03 bits per heavy atom. The lowest BCUT2D eigenvalue weighted by molar-refractivity contribution is -0.126. The van der Waals surface area contributed by atoms with E-state index in [1.165, 1.54) is 0 Å². The first kappa shape index (κ1) is 25.0. The normalized spacial score (nSPS) is 16.1. The van der Waals surface area contributed by atoms with Gasteiger partial charge in [0.25, 0.3) is 0 Å². The number of methoxy groups -OCH3 is 2. The van der Waals surface area contributed by atoms with Crippen LogP contribution in [0, 0.1) is 5.92 Å². The largest absolute Gasteiger partial charge is 0.493 e. The molecule has 0 spiro atoms. The number of carbonyl (C=O) groups excluding carboxylic acids is 1. The monoisotopic (exact) mass is 498 g/mol. The minimum absolute atomic E-state index is 0.0456. The molecule has 1 unspecified atom stereocenters. The molecule has 2 aromatic carbocycles. The topological polar surface area (TPSA) is 89.7 Å². The smallest absolute Gasteiger partial charge is 0.241 e. The average Bonchev–Trinajstić information content (AvgIpc) is 3.34. The number of nitrogens with one attached hydrogen (secondary N) is 1. The van der Waals surface area contributed by atoms with Gasteiger partial charge in [-0.25, -0.2) is 0 Å². The van der Waals surface area contributed by atoms with Crippen LogP contribution in [0.4, 0.5) is 0 Å². The first-order valence-corrected chi connectivity index (χ1v) is 12.2. The fraction of sp³-hybridized carbons (Fsp3) is 0.423. The molecule has 1 atom stereocenters. The number of rotatable bonds is 10. The molecular formula is C26H31ClN4O4. The number of benzene rings is 2. The zero-order valence-electron chi connectivity index (χ0n) is 20.1. The number of amides is 1. The lowest BCUT2D eigenvalue weighted by Gasteiger charge is -2.30. The second-order valence-corrected chi connectivity index (χ2v) is 9.06. The van der Waals surface area contributed by atoms with Crippen LogP contribution in [-0.2, 0) is 17.8 Å². The molecule has 3 aromatic rings. The fourth-order valence-corrected chi connectivity index (χ4v) is 4.58. The van der Waals surface area contributed by atoms with E-state index >= 15 is 0 Å². The molecule has 1 aliphatic heterocycles. The molecule has 8 nitrogen and oxygen atoms in total. The zero-order chi connectivity index (χ0) is 24.6. The zero-order valence-corrected chi connectivity index (χ0v) is 20.9. The van der Waals surface area contributed by atoms with Crippen molar-refractivity contribution in [2.45, 2.75) is 32.2 Å². The van der Waals surface area contributed by atoms with Gasteiger partial charge in [0.15, 0.2) is 11.5 Å². The molecule has 2 heterocycles. The Morgan fingerprint density at radius 3 is 2.83 bits per heavy atom. The van der Waals surface area contributed by atoms with Gasteiger partial charge in [-0.1, -0.05) is 35.0 Å². The van der Waals surface area contributed by atoms with Crippen molar-refractivity contribution in [2.24, 2.45) is 5.92 Å². The molecule has 0 saturated carbocycles. The molecule has 1 aliphatic rings. The first-order chi connectivity index (χ1) is 17.1. The van der Waals surface area contributed by atoms with Gasteiger partial charge >= 0.3 is 0 Å². The average molecular weight is 499 g/mol. The molecule has 4 rings (SSSR count). The summed E-state index contributed by atoms with van der Waals surface area (Å²) < 4.78 is 16.1. The van der Waals surface area contributed by atoms with Gasteiger partial charge in [-0.2, -0.15) is 4.98 Å². The van der Waals surface area contributed by atoms with Gasteiger partial charge in [0.1, 0.15) is 0 Å². The molecule has 1 amide bonds. The maximum absolute atomic E-state index is 12.8. The van der Waals surface area contributed by atoms with Crippen LogP contribution in [0.3, 0.4) is 0 Å². The van der Waals surface area contributed by atoms with Crippen molar-refractivity contribution in [1.82, 2.24) is 20.4 Å². The van der Waals surface area contributed by atoms with Gasteiger partial charge < -0.3 is 19.3 Å². The van der Waals surface area contributed by atoms with Crippen molar-refractivity contribution in [2.75, 3.05) is 33.9 Å². The predicted molar refractivity (Wildman–Crippen MR) is 134 cm³/mol. The number of likely N-dealkylation sites (tertiary alicyclic amines) is 1. The van der Waals surface area contributed by atoms with Crippen LogP contribution in [-0.4, -0.2) is 54.8 Å². The summed E-state index contributed by atoms with van der Waals surface area (Å²) in [7, 11) is 3.26. The number of ether oxygens (including phenoxy) is 2. The second kappa shape index (κ2) is 12.0. The molecule has 9 heteroatoms. The van der Waals surface area contributed by atoms with E-state index in [0.29, 0.717) is 42.1 Å². The quantitative estimate of drug-likeness (QED) is 0.415. The Bertz CT molecular complexity index is 1140. The van der Waals surface area contributed by atoms with Gasteiger partial charge in [-0.15, -0.1) is 0 Å². The van der Waals surface area contributed by atoms with Crippen molar-refractivity contribution in [3.8, 4) is 22.9 Å². The van der Waals surface area contributed by atoms with E-state index in [2.05, 4.69) is 20.4 Å². The van der Waals surface area contributed by atoms with Crippen LogP contribution in [0.15, 0.2) is 47.0 Å². The van der Waals surface area contributed by atoms with Crippen molar-refractivity contribution in [1.29, 1.82) is 0 Å². The molecule has 0 radical (unpaired) electrons. The van der Waals surface area contributed by atoms with Crippen LogP contribution in [0.5, 0.6) is 11.5 Å². The van der Waals surface area contributed by atoms with Crippen molar-refractivity contribution in [3.63, 3.8) is 0 Å². The highest BCUT2D eigenvalue weighted by molar-refractivity contribution is 6.33. The Kier molecular flexibility index (Phi) is 8.60. The van der Waals surface area contributed by atoms with Gasteiger partial charge in [0.05, 0.1) is 31.7 Å². The third-order valence-electron chi connectivity index (χ3n) is 6.21. The minimum atomic E-state index is -0.0456. The lowest BCUT2D eigenvalue weighted by Crippen LogP contribution is -2.43. The number of hydrogen-bond acceptors (Lipinski definition) is 7. The van der Waals surface area contributed by atoms with E-state index in [1.54, 1.807) is 20.3 Å². The van der Waals surface area contributed by atoms with E-state index in [0.717, 1.165) is 49.1 Å². The lowest BCUT2D eigenvalue weighted by atomic mass is 9.97. The number of nitrogens with zero attached hydrogens (tertiary/aromatic N) is 3. The maximum atomic E-state index is 12.8. The van der Waals surface area contributed by atoms with Crippen LogP contribution in [0.1, 0.15) is 30.7 Å². The Balaban J connectivity index is 1.23. The number of piperidine rings is 1. The summed E-state index contributed by atoms with van der Waals surface area (Å²) in [5.74, 6) is 2.49. The summed E-state index contributed by atoms with van der Waals surface area (Å²) in [4.78, 5) is 19.5. The van der Waals surface area contributed by atoms with E-state index in [9.17, 15) is 4.79 Å². The molecule has 1 aromatic heterocycles. The van der Waals surface area contributed by atoms with E-state index < -0.39 is 0 Å². The third kappa shape index (κ3) is 6.52. The van der Waals surface area contributed by atoms with Crippen LogP contribution < -0.4 is 14.8 Å².